The molecule has 1 heterocycles. The van der Waals surface area contributed by atoms with Gasteiger partial charge in [0.25, 0.3) is 0 Å². The Hall–Kier alpha value is -1.81. The molecular weight excluding hydrogens is 214 g/mol. The Morgan fingerprint density at radius 1 is 1.29 bits per heavy atom. The van der Waals surface area contributed by atoms with Gasteiger partial charge in [0.1, 0.15) is 5.82 Å². The summed E-state index contributed by atoms with van der Waals surface area (Å²) in [7, 11) is 0. The molecule has 4 heteroatoms. The van der Waals surface area contributed by atoms with Gasteiger partial charge >= 0.3 is 0 Å². The highest BCUT2D eigenvalue weighted by molar-refractivity contribution is 5.23. The first-order valence-corrected chi connectivity index (χ1v) is 5.71. The fourth-order valence-corrected chi connectivity index (χ4v) is 1.65. The van der Waals surface area contributed by atoms with Gasteiger partial charge in [-0.2, -0.15) is 5.10 Å². The lowest BCUT2D eigenvalue weighted by Crippen LogP contribution is -2.09. The second-order valence-electron chi connectivity index (χ2n) is 3.93. The smallest absolute Gasteiger partial charge is 0.145 e. The van der Waals surface area contributed by atoms with Crippen molar-refractivity contribution in [3.05, 3.63) is 48.2 Å². The summed E-state index contributed by atoms with van der Waals surface area (Å²) in [5, 5.41) is 4.09. The highest BCUT2D eigenvalue weighted by atomic mass is 16.5. The van der Waals surface area contributed by atoms with Gasteiger partial charge in [-0.1, -0.05) is 30.3 Å². The van der Waals surface area contributed by atoms with Gasteiger partial charge in [-0.25, -0.2) is 0 Å². The van der Waals surface area contributed by atoms with Crippen LogP contribution >= 0.6 is 0 Å². The fraction of sp³-hybridized carbons (Fsp3) is 0.308. The van der Waals surface area contributed by atoms with Crippen molar-refractivity contribution in [3.8, 4) is 0 Å². The van der Waals surface area contributed by atoms with Crippen molar-refractivity contribution in [1.29, 1.82) is 0 Å². The third-order valence-corrected chi connectivity index (χ3v) is 2.62. The molecule has 1 aromatic carbocycles. The molecule has 2 aromatic rings. The van der Waals surface area contributed by atoms with Gasteiger partial charge in [-0.05, 0) is 18.6 Å². The van der Waals surface area contributed by atoms with E-state index in [0.29, 0.717) is 19.0 Å². The summed E-state index contributed by atoms with van der Waals surface area (Å²) in [5.74, 6) is 0.543. The van der Waals surface area contributed by atoms with Crippen LogP contribution in [0.3, 0.4) is 0 Å². The summed E-state index contributed by atoms with van der Waals surface area (Å²) in [4.78, 5) is 0. The molecular formula is C13H17N3O. The van der Waals surface area contributed by atoms with Crippen LogP contribution in [0.25, 0.3) is 0 Å². The van der Waals surface area contributed by atoms with E-state index < -0.39 is 0 Å². The van der Waals surface area contributed by atoms with Gasteiger partial charge in [-0.3, -0.25) is 4.68 Å². The summed E-state index contributed by atoms with van der Waals surface area (Å²) < 4.78 is 7.52. The van der Waals surface area contributed by atoms with E-state index in [-0.39, 0.29) is 6.10 Å². The molecule has 17 heavy (non-hydrogen) atoms. The zero-order valence-corrected chi connectivity index (χ0v) is 9.91. The molecule has 1 atom stereocenters. The molecule has 0 saturated carbocycles. The molecule has 0 bridgehead atoms. The van der Waals surface area contributed by atoms with E-state index in [0.717, 1.165) is 0 Å². The number of benzene rings is 1. The molecule has 0 aliphatic carbocycles. The maximum atomic E-state index is 5.74. The van der Waals surface area contributed by atoms with Crippen LogP contribution in [0.4, 0.5) is 5.82 Å². The second kappa shape index (κ2) is 5.50. The SMILES string of the molecule is CC(OCCn1ccc(N)n1)c1ccccc1. The van der Waals surface area contributed by atoms with Crippen molar-refractivity contribution in [3.63, 3.8) is 0 Å². The average Bonchev–Trinajstić information content (AvgIpc) is 2.76. The quantitative estimate of drug-likeness (QED) is 0.858. The van der Waals surface area contributed by atoms with Gasteiger partial charge in [0, 0.05) is 6.20 Å². The van der Waals surface area contributed by atoms with E-state index in [1.54, 1.807) is 10.7 Å². The maximum Gasteiger partial charge on any atom is 0.145 e. The van der Waals surface area contributed by atoms with Crippen molar-refractivity contribution in [1.82, 2.24) is 9.78 Å². The number of aromatic nitrogens is 2. The Morgan fingerprint density at radius 3 is 2.71 bits per heavy atom. The van der Waals surface area contributed by atoms with E-state index in [4.69, 9.17) is 10.5 Å². The molecule has 0 amide bonds. The van der Waals surface area contributed by atoms with E-state index in [1.165, 1.54) is 5.56 Å². The number of rotatable bonds is 5. The molecule has 2 N–H and O–H groups in total. The van der Waals surface area contributed by atoms with Gasteiger partial charge in [0.15, 0.2) is 0 Å². The molecule has 1 unspecified atom stereocenters. The number of ether oxygens (including phenoxy) is 1. The van der Waals surface area contributed by atoms with Gasteiger partial charge < -0.3 is 10.5 Å². The van der Waals surface area contributed by atoms with Gasteiger partial charge in [-0.15, -0.1) is 0 Å². The van der Waals surface area contributed by atoms with E-state index in [9.17, 15) is 0 Å². The van der Waals surface area contributed by atoms with Crippen molar-refractivity contribution < 1.29 is 4.74 Å². The monoisotopic (exact) mass is 231 g/mol. The predicted molar refractivity (Wildman–Crippen MR) is 67.4 cm³/mol. The molecule has 0 aliphatic rings. The Bertz CT molecular complexity index is 453. The van der Waals surface area contributed by atoms with Crippen LogP contribution in [0.2, 0.25) is 0 Å². The third kappa shape index (κ3) is 3.32. The third-order valence-electron chi connectivity index (χ3n) is 2.62. The van der Waals surface area contributed by atoms with Gasteiger partial charge in [0.2, 0.25) is 0 Å². The minimum absolute atomic E-state index is 0.101. The molecule has 4 nitrogen and oxygen atoms in total. The van der Waals surface area contributed by atoms with Crippen LogP contribution in [0.5, 0.6) is 0 Å². The van der Waals surface area contributed by atoms with Crippen LogP contribution in [-0.4, -0.2) is 16.4 Å². The largest absolute Gasteiger partial charge is 0.382 e. The fourth-order valence-electron chi connectivity index (χ4n) is 1.65. The zero-order chi connectivity index (χ0) is 12.1. The minimum atomic E-state index is 0.101. The standard InChI is InChI=1S/C13H17N3O/c1-11(12-5-3-2-4-6-12)17-10-9-16-8-7-13(14)15-16/h2-8,11H,9-10H2,1H3,(H2,14,15). The van der Waals surface area contributed by atoms with Crippen molar-refractivity contribution in [2.24, 2.45) is 0 Å². The van der Waals surface area contributed by atoms with Crippen LogP contribution in [0, 0.1) is 0 Å². The Balaban J connectivity index is 1.79. The van der Waals surface area contributed by atoms with Crippen LogP contribution in [0.1, 0.15) is 18.6 Å². The van der Waals surface area contributed by atoms with Crippen LogP contribution in [0.15, 0.2) is 42.6 Å². The first-order chi connectivity index (χ1) is 8.25. The molecule has 0 radical (unpaired) electrons. The number of hydrogen-bond acceptors (Lipinski definition) is 3. The number of hydrogen-bond donors (Lipinski definition) is 1. The summed E-state index contributed by atoms with van der Waals surface area (Å²) in [5.41, 5.74) is 6.72. The Kier molecular flexibility index (Phi) is 3.77. The number of nitrogens with two attached hydrogens (primary N) is 1. The Labute approximate surface area is 101 Å². The lowest BCUT2D eigenvalue weighted by molar-refractivity contribution is 0.0583. The Morgan fingerprint density at radius 2 is 2.06 bits per heavy atom. The van der Waals surface area contributed by atoms with Crippen LogP contribution < -0.4 is 5.73 Å². The van der Waals surface area contributed by atoms with Gasteiger partial charge in [0.05, 0.1) is 19.3 Å². The summed E-state index contributed by atoms with van der Waals surface area (Å²) in [6, 6.07) is 11.9. The maximum absolute atomic E-state index is 5.74. The molecule has 0 fully saturated rings. The summed E-state index contributed by atoms with van der Waals surface area (Å²) >= 11 is 0. The van der Waals surface area contributed by atoms with E-state index in [2.05, 4.69) is 17.2 Å². The summed E-state index contributed by atoms with van der Waals surface area (Å²) in [6.07, 6.45) is 1.95. The first-order valence-electron chi connectivity index (χ1n) is 5.71. The molecule has 0 aliphatic heterocycles. The molecule has 1 aromatic heterocycles. The molecule has 2 rings (SSSR count). The average molecular weight is 231 g/mol. The van der Waals surface area contributed by atoms with E-state index in [1.807, 2.05) is 31.3 Å². The molecule has 0 spiro atoms. The number of nitrogens with zero attached hydrogens (tertiary/aromatic N) is 2. The number of anilines is 1. The van der Waals surface area contributed by atoms with Crippen LogP contribution in [-0.2, 0) is 11.3 Å². The normalized spacial score (nSPS) is 12.5. The van der Waals surface area contributed by atoms with Crippen molar-refractivity contribution in [2.45, 2.75) is 19.6 Å². The first kappa shape index (κ1) is 11.7. The summed E-state index contributed by atoms with van der Waals surface area (Å²) in [6.45, 7) is 3.39. The lowest BCUT2D eigenvalue weighted by Gasteiger charge is -2.13. The van der Waals surface area contributed by atoms with Crippen molar-refractivity contribution >= 4 is 5.82 Å². The zero-order valence-electron chi connectivity index (χ0n) is 9.91. The topological polar surface area (TPSA) is 53.1 Å². The molecule has 0 saturated heterocycles. The van der Waals surface area contributed by atoms with E-state index >= 15 is 0 Å². The number of nitrogen functional groups attached to an aromatic ring is 1. The minimum Gasteiger partial charge on any atom is -0.382 e. The van der Waals surface area contributed by atoms with Crippen molar-refractivity contribution in [2.75, 3.05) is 12.3 Å². The lowest BCUT2D eigenvalue weighted by atomic mass is 10.1. The molecule has 90 valence electrons. The highest BCUT2D eigenvalue weighted by Crippen LogP contribution is 2.15. The highest BCUT2D eigenvalue weighted by Gasteiger charge is 2.04. The second-order valence-corrected chi connectivity index (χ2v) is 3.93. The predicted octanol–water partition coefficient (Wildman–Crippen LogP) is 2.24.